The Morgan fingerprint density at radius 2 is 2.29 bits per heavy atom. The summed E-state index contributed by atoms with van der Waals surface area (Å²) in [6, 6.07) is 5.85. The number of thioether (sulfide) groups is 1. The lowest BCUT2D eigenvalue weighted by atomic mass is 10.2. The lowest BCUT2D eigenvalue weighted by Gasteiger charge is -2.09. The molecular weight excluding hydrogens is 300 g/mol. The normalized spacial score (nSPS) is 13.7. The number of rotatable bonds is 5. The summed E-state index contributed by atoms with van der Waals surface area (Å²) in [6.45, 7) is 4.44. The van der Waals surface area contributed by atoms with Crippen LogP contribution in [0.3, 0.4) is 0 Å². The van der Waals surface area contributed by atoms with Crippen LogP contribution < -0.4 is 5.73 Å². The molecule has 0 aromatic heterocycles. The highest BCUT2D eigenvalue weighted by molar-refractivity contribution is 9.10. The average molecular weight is 317 g/mol. The third-order valence-electron chi connectivity index (χ3n) is 2.56. The number of hydrogen-bond acceptors (Lipinski definition) is 3. The molecule has 0 amide bonds. The zero-order valence-electron chi connectivity index (χ0n) is 9.98. The second-order valence-electron chi connectivity index (χ2n) is 3.95. The summed E-state index contributed by atoms with van der Waals surface area (Å²) in [4.78, 5) is 1.19. The second-order valence-corrected chi connectivity index (χ2v) is 5.90. The largest absolute Gasteiger partial charge is 0.409 e. The Morgan fingerprint density at radius 1 is 1.59 bits per heavy atom. The molecule has 0 bridgehead atoms. The Kier molecular flexibility index (Phi) is 5.85. The molecule has 0 aliphatic heterocycles. The number of hydrogen-bond donors (Lipinski definition) is 2. The van der Waals surface area contributed by atoms with Gasteiger partial charge in [0, 0.05) is 20.7 Å². The van der Waals surface area contributed by atoms with Crippen molar-refractivity contribution >= 4 is 33.5 Å². The highest BCUT2D eigenvalue weighted by Gasteiger charge is 2.07. The molecule has 0 aliphatic rings. The van der Waals surface area contributed by atoms with E-state index in [1.807, 2.05) is 30.0 Å². The van der Waals surface area contributed by atoms with Crippen molar-refractivity contribution in [3.8, 4) is 0 Å². The summed E-state index contributed by atoms with van der Waals surface area (Å²) in [6.07, 6.45) is 1.19. The van der Waals surface area contributed by atoms with Gasteiger partial charge >= 0.3 is 0 Å². The molecule has 0 radical (unpaired) electrons. The average Bonchev–Trinajstić information content (AvgIpc) is 2.35. The first-order chi connectivity index (χ1) is 8.08. The standard InChI is InChI=1S/C12H17BrN2OS/c1-3-8(2)7-17-9-4-5-10(11(13)6-9)12(14)15-16/h4-6,8,16H,3,7H2,1-2H3,(H2,14,15). The molecule has 1 unspecified atom stereocenters. The van der Waals surface area contributed by atoms with Crippen molar-refractivity contribution in [2.24, 2.45) is 16.8 Å². The first-order valence-corrected chi connectivity index (χ1v) is 7.26. The van der Waals surface area contributed by atoms with Crippen molar-refractivity contribution in [1.29, 1.82) is 0 Å². The molecular formula is C12H17BrN2OS. The number of nitrogens with two attached hydrogens (primary N) is 1. The molecule has 0 saturated carbocycles. The maximum atomic E-state index is 8.63. The van der Waals surface area contributed by atoms with Crippen molar-refractivity contribution in [3.05, 3.63) is 28.2 Å². The highest BCUT2D eigenvalue weighted by Crippen LogP contribution is 2.27. The number of oxime groups is 1. The highest BCUT2D eigenvalue weighted by atomic mass is 79.9. The maximum Gasteiger partial charge on any atom is 0.171 e. The van der Waals surface area contributed by atoms with Gasteiger partial charge in [0.1, 0.15) is 0 Å². The third kappa shape index (κ3) is 4.24. The van der Waals surface area contributed by atoms with Crippen LogP contribution in [0.5, 0.6) is 0 Å². The summed E-state index contributed by atoms with van der Waals surface area (Å²) in [5.74, 6) is 1.93. The lowest BCUT2D eigenvalue weighted by molar-refractivity contribution is 0.318. The fourth-order valence-electron chi connectivity index (χ4n) is 1.20. The number of benzene rings is 1. The van der Waals surface area contributed by atoms with Crippen LogP contribution in [-0.4, -0.2) is 16.8 Å². The molecule has 1 atom stereocenters. The maximum absolute atomic E-state index is 8.63. The van der Waals surface area contributed by atoms with Crippen LogP contribution in [0.25, 0.3) is 0 Å². The van der Waals surface area contributed by atoms with E-state index < -0.39 is 0 Å². The van der Waals surface area contributed by atoms with Crippen molar-refractivity contribution in [2.45, 2.75) is 25.2 Å². The molecule has 0 saturated heterocycles. The van der Waals surface area contributed by atoms with Crippen molar-refractivity contribution in [3.63, 3.8) is 0 Å². The molecule has 1 aromatic carbocycles. The summed E-state index contributed by atoms with van der Waals surface area (Å²) < 4.78 is 0.849. The lowest BCUT2D eigenvalue weighted by Crippen LogP contribution is -2.13. The van der Waals surface area contributed by atoms with E-state index in [9.17, 15) is 0 Å². The molecule has 3 N–H and O–H groups in total. The molecule has 5 heteroatoms. The van der Waals surface area contributed by atoms with Gasteiger partial charge in [0.2, 0.25) is 0 Å². The van der Waals surface area contributed by atoms with Crippen LogP contribution in [0, 0.1) is 5.92 Å². The van der Waals surface area contributed by atoms with Crippen LogP contribution in [-0.2, 0) is 0 Å². The molecule has 0 spiro atoms. The van der Waals surface area contributed by atoms with Gasteiger partial charge in [-0.1, -0.05) is 25.4 Å². The minimum absolute atomic E-state index is 0.121. The molecule has 94 valence electrons. The quantitative estimate of drug-likeness (QED) is 0.286. The zero-order valence-corrected chi connectivity index (χ0v) is 12.4. The van der Waals surface area contributed by atoms with Crippen molar-refractivity contribution in [1.82, 2.24) is 0 Å². The molecule has 0 fully saturated rings. The molecule has 17 heavy (non-hydrogen) atoms. The van der Waals surface area contributed by atoms with E-state index in [2.05, 4.69) is 34.9 Å². The van der Waals surface area contributed by atoms with Gasteiger partial charge in [-0.3, -0.25) is 0 Å². The van der Waals surface area contributed by atoms with E-state index >= 15 is 0 Å². The minimum Gasteiger partial charge on any atom is -0.409 e. The monoisotopic (exact) mass is 316 g/mol. The molecule has 0 heterocycles. The van der Waals surface area contributed by atoms with Crippen LogP contribution in [0.4, 0.5) is 0 Å². The topological polar surface area (TPSA) is 58.6 Å². The molecule has 0 aliphatic carbocycles. The summed E-state index contributed by atoms with van der Waals surface area (Å²) in [7, 11) is 0. The Hall–Kier alpha value is -0.680. The number of halogens is 1. The predicted octanol–water partition coefficient (Wildman–Crippen LogP) is 3.68. The van der Waals surface area contributed by atoms with E-state index in [4.69, 9.17) is 10.9 Å². The van der Waals surface area contributed by atoms with Gasteiger partial charge in [0.15, 0.2) is 5.84 Å². The smallest absolute Gasteiger partial charge is 0.171 e. The molecule has 3 nitrogen and oxygen atoms in total. The SMILES string of the molecule is CCC(C)CSc1ccc(/C(N)=N/O)c(Br)c1. The van der Waals surface area contributed by atoms with Gasteiger partial charge in [-0.2, -0.15) is 0 Å². The van der Waals surface area contributed by atoms with Crippen LogP contribution in [0.15, 0.2) is 32.7 Å². The Bertz CT molecular complexity index is 409. The van der Waals surface area contributed by atoms with Gasteiger partial charge in [0.25, 0.3) is 0 Å². The van der Waals surface area contributed by atoms with E-state index in [-0.39, 0.29) is 5.84 Å². The predicted molar refractivity (Wildman–Crippen MR) is 76.8 cm³/mol. The van der Waals surface area contributed by atoms with Gasteiger partial charge in [-0.15, -0.1) is 11.8 Å². The fraction of sp³-hybridized carbons (Fsp3) is 0.417. The molecule has 1 aromatic rings. The van der Waals surface area contributed by atoms with Gasteiger partial charge in [-0.25, -0.2) is 0 Å². The number of amidine groups is 1. The van der Waals surface area contributed by atoms with Crippen molar-refractivity contribution in [2.75, 3.05) is 5.75 Å². The van der Waals surface area contributed by atoms with Gasteiger partial charge in [0.05, 0.1) is 0 Å². The minimum atomic E-state index is 0.121. The fourth-order valence-corrected chi connectivity index (χ4v) is 3.02. The van der Waals surface area contributed by atoms with E-state index in [1.54, 1.807) is 0 Å². The first-order valence-electron chi connectivity index (χ1n) is 5.48. The third-order valence-corrected chi connectivity index (χ3v) is 4.53. The Balaban J connectivity index is 2.75. The Morgan fingerprint density at radius 3 is 2.82 bits per heavy atom. The number of nitrogens with zero attached hydrogens (tertiary/aromatic N) is 1. The summed E-state index contributed by atoms with van der Waals surface area (Å²) in [5, 5.41) is 11.6. The molecule has 1 rings (SSSR count). The zero-order chi connectivity index (χ0) is 12.8. The van der Waals surface area contributed by atoms with Gasteiger partial charge in [-0.05, 0) is 40.0 Å². The van der Waals surface area contributed by atoms with Gasteiger partial charge < -0.3 is 10.9 Å². The van der Waals surface area contributed by atoms with Crippen LogP contribution in [0.1, 0.15) is 25.8 Å². The Labute approximate surface area is 115 Å². The van der Waals surface area contributed by atoms with E-state index in [1.165, 1.54) is 11.3 Å². The second kappa shape index (κ2) is 6.91. The van der Waals surface area contributed by atoms with E-state index in [0.29, 0.717) is 11.5 Å². The van der Waals surface area contributed by atoms with Crippen molar-refractivity contribution < 1.29 is 5.21 Å². The van der Waals surface area contributed by atoms with Crippen LogP contribution >= 0.6 is 27.7 Å². The van der Waals surface area contributed by atoms with Crippen LogP contribution in [0.2, 0.25) is 0 Å². The summed E-state index contributed by atoms with van der Waals surface area (Å²) >= 11 is 5.25. The summed E-state index contributed by atoms with van der Waals surface area (Å²) in [5.41, 5.74) is 6.26. The van der Waals surface area contributed by atoms with E-state index in [0.717, 1.165) is 10.2 Å². The first kappa shape index (κ1) is 14.4.